The van der Waals surface area contributed by atoms with Gasteiger partial charge in [0.05, 0.1) is 23.8 Å². The summed E-state index contributed by atoms with van der Waals surface area (Å²) in [4.78, 5) is 21.5. The van der Waals surface area contributed by atoms with E-state index in [4.69, 9.17) is 16.9 Å². The summed E-state index contributed by atoms with van der Waals surface area (Å²) >= 11 is 5.38. The zero-order valence-electron chi connectivity index (χ0n) is 13.2. The molecule has 24 heavy (non-hydrogen) atoms. The van der Waals surface area contributed by atoms with Crippen molar-refractivity contribution in [2.45, 2.75) is 39.3 Å². The molecule has 8 heteroatoms. The number of rotatable bonds is 5. The SMILES string of the molecule is CCCC(=O)CC(=O)OCC.N#Cc1cc(Cl)cc(C(F)(F)F)c1. The van der Waals surface area contributed by atoms with Crippen molar-refractivity contribution in [3.05, 3.63) is 34.3 Å². The Balaban J connectivity index is 0.000000449. The zero-order valence-corrected chi connectivity index (χ0v) is 14.0. The van der Waals surface area contributed by atoms with Crippen LogP contribution in [0.3, 0.4) is 0 Å². The summed E-state index contributed by atoms with van der Waals surface area (Å²) in [5, 5.41) is 8.28. The monoisotopic (exact) mass is 363 g/mol. The summed E-state index contributed by atoms with van der Waals surface area (Å²) in [6.07, 6.45) is -3.27. The lowest BCUT2D eigenvalue weighted by Gasteiger charge is -2.06. The quantitative estimate of drug-likeness (QED) is 0.569. The first-order chi connectivity index (χ1) is 11.1. The topological polar surface area (TPSA) is 67.2 Å². The standard InChI is InChI=1S/C8H3ClF3N.C8H14O3/c9-7-2-5(4-13)1-6(3-7)8(10,11)12;1-3-5-7(9)6-8(10)11-4-2/h1-3H;3-6H2,1-2H3. The minimum atomic E-state index is -4.46. The average Bonchev–Trinajstić information content (AvgIpc) is 2.46. The number of alkyl halides is 3. The molecule has 0 saturated carbocycles. The second kappa shape index (κ2) is 10.7. The highest BCUT2D eigenvalue weighted by molar-refractivity contribution is 6.30. The molecule has 0 heterocycles. The van der Waals surface area contributed by atoms with Crippen molar-refractivity contribution in [3.63, 3.8) is 0 Å². The first-order valence-electron chi connectivity index (χ1n) is 7.09. The van der Waals surface area contributed by atoms with Gasteiger partial charge in [-0.3, -0.25) is 9.59 Å². The van der Waals surface area contributed by atoms with Crippen molar-refractivity contribution in [2.24, 2.45) is 0 Å². The molecular weight excluding hydrogens is 347 g/mol. The molecule has 132 valence electrons. The van der Waals surface area contributed by atoms with Gasteiger partial charge in [-0.05, 0) is 31.5 Å². The van der Waals surface area contributed by atoms with Crippen molar-refractivity contribution >= 4 is 23.4 Å². The molecule has 0 unspecified atom stereocenters. The minimum absolute atomic E-state index is 0.0362. The van der Waals surface area contributed by atoms with Gasteiger partial charge in [-0.15, -0.1) is 0 Å². The van der Waals surface area contributed by atoms with Gasteiger partial charge in [0, 0.05) is 11.4 Å². The first kappa shape index (κ1) is 21.9. The van der Waals surface area contributed by atoms with Crippen molar-refractivity contribution < 1.29 is 27.5 Å². The summed E-state index contributed by atoms with van der Waals surface area (Å²) in [5.41, 5.74) is -1.00. The maximum atomic E-state index is 12.1. The molecule has 0 spiro atoms. The summed E-state index contributed by atoms with van der Waals surface area (Å²) < 4.78 is 40.9. The molecule has 4 nitrogen and oxygen atoms in total. The third kappa shape index (κ3) is 9.16. The lowest BCUT2D eigenvalue weighted by molar-refractivity contribution is -0.145. The van der Waals surface area contributed by atoms with E-state index in [1.165, 1.54) is 6.07 Å². The molecule has 0 aliphatic rings. The molecule has 0 aliphatic heterocycles. The second-order valence-corrected chi connectivity index (χ2v) is 5.05. The number of nitriles is 1. The summed E-state index contributed by atoms with van der Waals surface area (Å²) in [7, 11) is 0. The second-order valence-electron chi connectivity index (χ2n) is 4.61. The normalized spacial score (nSPS) is 10.2. The Hall–Kier alpha value is -2.07. The van der Waals surface area contributed by atoms with Crippen LogP contribution in [-0.2, 0) is 20.5 Å². The smallest absolute Gasteiger partial charge is 0.416 e. The lowest BCUT2D eigenvalue weighted by Crippen LogP contribution is -2.10. The van der Waals surface area contributed by atoms with Crippen LogP contribution >= 0.6 is 11.6 Å². The predicted molar refractivity (Wildman–Crippen MR) is 82.3 cm³/mol. The van der Waals surface area contributed by atoms with Gasteiger partial charge >= 0.3 is 12.1 Å². The van der Waals surface area contributed by atoms with Crippen LogP contribution in [0.25, 0.3) is 0 Å². The molecule has 0 aliphatic carbocycles. The van der Waals surface area contributed by atoms with Crippen LogP contribution in [0.4, 0.5) is 13.2 Å². The average molecular weight is 364 g/mol. The van der Waals surface area contributed by atoms with Crippen molar-refractivity contribution in [1.29, 1.82) is 5.26 Å². The number of benzene rings is 1. The molecule has 0 bridgehead atoms. The fourth-order valence-corrected chi connectivity index (χ4v) is 1.79. The van der Waals surface area contributed by atoms with Crippen molar-refractivity contribution in [2.75, 3.05) is 6.61 Å². The number of ketones is 1. The van der Waals surface area contributed by atoms with Gasteiger partial charge in [0.15, 0.2) is 0 Å². The molecule has 1 rings (SSSR count). The van der Waals surface area contributed by atoms with E-state index in [2.05, 4.69) is 4.74 Å². The van der Waals surface area contributed by atoms with E-state index in [1.54, 1.807) is 13.0 Å². The van der Waals surface area contributed by atoms with Gasteiger partial charge in [0.25, 0.3) is 0 Å². The van der Waals surface area contributed by atoms with Crippen LogP contribution in [0.15, 0.2) is 18.2 Å². The molecule has 0 N–H and O–H groups in total. The van der Waals surface area contributed by atoms with E-state index in [0.717, 1.165) is 18.6 Å². The van der Waals surface area contributed by atoms with E-state index in [9.17, 15) is 22.8 Å². The minimum Gasteiger partial charge on any atom is -0.466 e. The molecule has 0 fully saturated rings. The van der Waals surface area contributed by atoms with Crippen LogP contribution < -0.4 is 0 Å². The molecule has 0 saturated heterocycles. The van der Waals surface area contributed by atoms with Gasteiger partial charge in [0.2, 0.25) is 0 Å². The van der Waals surface area contributed by atoms with E-state index < -0.39 is 17.7 Å². The number of hydrogen-bond acceptors (Lipinski definition) is 4. The Kier molecular flexibility index (Phi) is 9.74. The summed E-state index contributed by atoms with van der Waals surface area (Å²) in [5.74, 6) is -0.447. The van der Waals surface area contributed by atoms with Gasteiger partial charge in [-0.2, -0.15) is 18.4 Å². The van der Waals surface area contributed by atoms with Crippen LogP contribution in [-0.4, -0.2) is 18.4 Å². The van der Waals surface area contributed by atoms with Crippen LogP contribution in [0, 0.1) is 11.3 Å². The fourth-order valence-electron chi connectivity index (χ4n) is 1.56. The number of halogens is 4. The molecule has 0 aromatic heterocycles. The largest absolute Gasteiger partial charge is 0.466 e. The Morgan fingerprint density at radius 3 is 2.33 bits per heavy atom. The van der Waals surface area contributed by atoms with Crippen LogP contribution in [0.1, 0.15) is 44.2 Å². The van der Waals surface area contributed by atoms with Gasteiger partial charge in [-0.25, -0.2) is 0 Å². The van der Waals surface area contributed by atoms with Crippen LogP contribution in [0.5, 0.6) is 0 Å². The Bertz CT molecular complexity index is 594. The van der Waals surface area contributed by atoms with E-state index in [0.29, 0.717) is 13.0 Å². The Labute approximate surface area is 143 Å². The third-order valence-corrected chi connectivity index (χ3v) is 2.75. The van der Waals surface area contributed by atoms with Gasteiger partial charge in [-0.1, -0.05) is 18.5 Å². The molecule has 0 amide bonds. The van der Waals surface area contributed by atoms with Crippen molar-refractivity contribution in [3.8, 4) is 6.07 Å². The van der Waals surface area contributed by atoms with Crippen molar-refractivity contribution in [1.82, 2.24) is 0 Å². The molecule has 0 atom stereocenters. The van der Waals surface area contributed by atoms with Crippen LogP contribution in [0.2, 0.25) is 5.02 Å². The van der Waals surface area contributed by atoms with Gasteiger partial charge < -0.3 is 4.74 Å². The molecule has 1 aromatic carbocycles. The number of esters is 1. The Morgan fingerprint density at radius 1 is 1.25 bits per heavy atom. The predicted octanol–water partition coefficient (Wildman–Crippen LogP) is 4.54. The highest BCUT2D eigenvalue weighted by Crippen LogP contribution is 2.31. The van der Waals surface area contributed by atoms with E-state index in [1.807, 2.05) is 6.92 Å². The lowest BCUT2D eigenvalue weighted by atomic mass is 10.1. The fraction of sp³-hybridized carbons (Fsp3) is 0.438. The number of carbonyl (C=O) groups excluding carboxylic acids is 2. The molecule has 0 radical (unpaired) electrons. The molecule has 1 aromatic rings. The maximum absolute atomic E-state index is 12.1. The number of nitrogens with zero attached hydrogens (tertiary/aromatic N) is 1. The number of hydrogen-bond donors (Lipinski definition) is 0. The summed E-state index contributed by atoms with van der Waals surface area (Å²) in [6, 6.07) is 4.31. The number of carbonyl (C=O) groups is 2. The first-order valence-corrected chi connectivity index (χ1v) is 7.47. The highest BCUT2D eigenvalue weighted by atomic mass is 35.5. The molecular formula is C16H17ClF3NO3. The van der Waals surface area contributed by atoms with Gasteiger partial charge in [0.1, 0.15) is 12.2 Å². The Morgan fingerprint density at radius 2 is 1.88 bits per heavy atom. The maximum Gasteiger partial charge on any atom is 0.416 e. The number of Topliss-reactive ketones (excluding diaryl/α,β-unsaturated/α-hetero) is 1. The summed E-state index contributed by atoms with van der Waals surface area (Å²) in [6.45, 7) is 3.98. The zero-order chi connectivity index (χ0) is 18.8. The highest BCUT2D eigenvalue weighted by Gasteiger charge is 2.31. The van der Waals surface area contributed by atoms with E-state index >= 15 is 0 Å². The third-order valence-electron chi connectivity index (χ3n) is 2.53. The van der Waals surface area contributed by atoms with E-state index in [-0.39, 0.29) is 22.8 Å². The number of ether oxygens (including phenoxy) is 1.